The highest BCUT2D eigenvalue weighted by atomic mass is 32.2. The van der Waals surface area contributed by atoms with Crippen molar-refractivity contribution in [3.8, 4) is 10.4 Å². The molecule has 2 aliphatic rings. The fourth-order valence-corrected chi connectivity index (χ4v) is 5.84. The Labute approximate surface area is 155 Å². The number of sulfone groups is 1. The van der Waals surface area contributed by atoms with Gasteiger partial charge in [0.15, 0.2) is 9.84 Å². The summed E-state index contributed by atoms with van der Waals surface area (Å²) >= 11 is 1.49. The van der Waals surface area contributed by atoms with E-state index in [9.17, 15) is 17.2 Å². The Bertz CT molecular complexity index is 880. The third kappa shape index (κ3) is 3.76. The zero-order valence-corrected chi connectivity index (χ0v) is 15.8. The van der Waals surface area contributed by atoms with Crippen LogP contribution in [0, 0.1) is 0 Å². The molecule has 0 N–H and O–H groups in total. The first-order valence-electron chi connectivity index (χ1n) is 8.71. The number of rotatable bonds is 3. The largest absolute Gasteiger partial charge is 0.369 e. The monoisotopic (exact) mass is 398 g/mol. The van der Waals surface area contributed by atoms with Crippen LogP contribution in [0.4, 0.5) is 14.5 Å². The molecule has 1 aliphatic heterocycles. The van der Waals surface area contributed by atoms with Crippen molar-refractivity contribution in [3.63, 3.8) is 0 Å². The summed E-state index contributed by atoms with van der Waals surface area (Å²) in [4.78, 5) is 7.42. The van der Waals surface area contributed by atoms with Crippen LogP contribution in [0.25, 0.3) is 10.4 Å². The van der Waals surface area contributed by atoms with Crippen LogP contribution in [0.15, 0.2) is 30.5 Å². The minimum Gasteiger partial charge on any atom is -0.369 e. The number of thiazole rings is 1. The summed E-state index contributed by atoms with van der Waals surface area (Å²) in [6, 6.07) is 7.94. The summed E-state index contributed by atoms with van der Waals surface area (Å²) in [7, 11) is -2.89. The predicted octanol–water partition coefficient (Wildman–Crippen LogP) is 3.95. The first-order valence-corrected chi connectivity index (χ1v) is 11.3. The van der Waals surface area contributed by atoms with Crippen molar-refractivity contribution < 1.29 is 17.2 Å². The molecule has 0 amide bonds. The fraction of sp³-hybridized carbons (Fsp3) is 0.500. The molecule has 2 heterocycles. The number of alkyl halides is 2. The minimum absolute atomic E-state index is 0.0488. The summed E-state index contributed by atoms with van der Waals surface area (Å²) in [5, 5.41) is 0.794. The molecule has 2 fully saturated rings. The molecule has 0 spiro atoms. The lowest BCUT2D eigenvalue weighted by Gasteiger charge is -2.28. The van der Waals surface area contributed by atoms with Crippen molar-refractivity contribution in [2.75, 3.05) is 29.5 Å². The van der Waals surface area contributed by atoms with E-state index in [1.54, 1.807) is 6.20 Å². The molecule has 140 valence electrons. The minimum atomic E-state index is -2.89. The van der Waals surface area contributed by atoms with E-state index in [1.165, 1.54) is 11.3 Å². The lowest BCUT2D eigenvalue weighted by Crippen LogP contribution is -2.40. The quantitative estimate of drug-likeness (QED) is 0.786. The van der Waals surface area contributed by atoms with Crippen LogP contribution in [0.1, 0.15) is 30.2 Å². The molecule has 1 aromatic carbocycles. The second-order valence-corrected chi connectivity index (χ2v) is 10.4. The topological polar surface area (TPSA) is 50.3 Å². The first-order chi connectivity index (χ1) is 12.3. The number of benzene rings is 1. The summed E-state index contributed by atoms with van der Waals surface area (Å²) in [6.07, 6.45) is 2.11. The standard InChI is InChI=1S/C18H20F2N2O2S2/c19-18(20)6-5-14(11-18)17-21-12-16(25-17)13-1-3-15(4-2-13)22-7-9-26(23,24)10-8-22/h1-4,12,14H,5-11H2. The van der Waals surface area contributed by atoms with Gasteiger partial charge in [0.2, 0.25) is 5.92 Å². The Hall–Kier alpha value is -1.54. The molecule has 4 rings (SSSR count). The van der Waals surface area contributed by atoms with Gasteiger partial charge in [-0.2, -0.15) is 0 Å². The van der Waals surface area contributed by atoms with Gasteiger partial charge in [-0.25, -0.2) is 22.2 Å². The highest BCUT2D eigenvalue weighted by Crippen LogP contribution is 2.46. The number of hydrogen-bond donors (Lipinski definition) is 0. The van der Waals surface area contributed by atoms with Crippen molar-refractivity contribution in [2.24, 2.45) is 0 Å². The lowest BCUT2D eigenvalue weighted by atomic mass is 10.1. The summed E-state index contributed by atoms with van der Waals surface area (Å²) in [5.74, 6) is -2.31. The van der Waals surface area contributed by atoms with Gasteiger partial charge in [0, 0.05) is 43.7 Å². The van der Waals surface area contributed by atoms with E-state index in [1.807, 2.05) is 24.3 Å². The molecule has 1 saturated heterocycles. The van der Waals surface area contributed by atoms with E-state index in [2.05, 4.69) is 9.88 Å². The number of anilines is 1. The molecule has 0 bridgehead atoms. The molecular formula is C18H20F2N2O2S2. The molecule has 0 radical (unpaired) electrons. The van der Waals surface area contributed by atoms with E-state index < -0.39 is 15.8 Å². The number of aromatic nitrogens is 1. The van der Waals surface area contributed by atoms with Crippen molar-refractivity contribution in [3.05, 3.63) is 35.5 Å². The van der Waals surface area contributed by atoms with Crippen LogP contribution >= 0.6 is 11.3 Å². The summed E-state index contributed by atoms with van der Waals surface area (Å²) in [5.41, 5.74) is 2.01. The van der Waals surface area contributed by atoms with Crippen molar-refractivity contribution in [1.29, 1.82) is 0 Å². The molecule has 8 heteroatoms. The number of halogens is 2. The molecule has 1 saturated carbocycles. The average molecular weight is 399 g/mol. The Morgan fingerprint density at radius 1 is 1.15 bits per heavy atom. The van der Waals surface area contributed by atoms with E-state index in [4.69, 9.17) is 0 Å². The molecule has 4 nitrogen and oxygen atoms in total. The van der Waals surface area contributed by atoms with Gasteiger partial charge in [0.25, 0.3) is 0 Å². The first kappa shape index (κ1) is 17.9. The zero-order chi connectivity index (χ0) is 18.4. The maximum atomic E-state index is 13.4. The van der Waals surface area contributed by atoms with Gasteiger partial charge in [-0.15, -0.1) is 11.3 Å². The van der Waals surface area contributed by atoms with E-state index >= 15 is 0 Å². The molecule has 1 aromatic heterocycles. The zero-order valence-electron chi connectivity index (χ0n) is 14.2. The normalized spacial score (nSPS) is 24.7. The van der Waals surface area contributed by atoms with Crippen molar-refractivity contribution >= 4 is 26.9 Å². The van der Waals surface area contributed by atoms with Crippen molar-refractivity contribution in [1.82, 2.24) is 4.98 Å². The maximum absolute atomic E-state index is 13.4. The molecule has 26 heavy (non-hydrogen) atoms. The number of hydrogen-bond acceptors (Lipinski definition) is 5. The van der Waals surface area contributed by atoms with Crippen LogP contribution < -0.4 is 4.90 Å². The SMILES string of the molecule is O=S1(=O)CCN(c2ccc(-c3cnc(C4CCC(F)(F)C4)s3)cc2)CC1. The van der Waals surface area contributed by atoms with Crippen LogP contribution in [-0.2, 0) is 9.84 Å². The van der Waals surface area contributed by atoms with Gasteiger partial charge in [0.1, 0.15) is 0 Å². The summed E-state index contributed by atoms with van der Waals surface area (Å²) in [6.45, 7) is 1.03. The highest BCUT2D eigenvalue weighted by Gasteiger charge is 2.41. The van der Waals surface area contributed by atoms with Gasteiger partial charge >= 0.3 is 0 Å². The molecular weight excluding hydrogens is 378 g/mol. The van der Waals surface area contributed by atoms with Gasteiger partial charge in [-0.3, -0.25) is 0 Å². The van der Waals surface area contributed by atoms with E-state index in [0.717, 1.165) is 21.1 Å². The van der Waals surface area contributed by atoms with E-state index in [0.29, 0.717) is 19.5 Å². The second kappa shape index (κ2) is 6.56. The van der Waals surface area contributed by atoms with Crippen molar-refractivity contribution in [2.45, 2.75) is 31.1 Å². The number of nitrogens with zero attached hydrogens (tertiary/aromatic N) is 2. The lowest BCUT2D eigenvalue weighted by molar-refractivity contribution is 0.00776. The van der Waals surface area contributed by atoms with Crippen LogP contribution in [-0.4, -0.2) is 43.9 Å². The fourth-order valence-electron chi connectivity index (χ4n) is 3.58. The summed E-state index contributed by atoms with van der Waals surface area (Å²) < 4.78 is 49.9. The maximum Gasteiger partial charge on any atom is 0.248 e. The Kier molecular flexibility index (Phi) is 4.51. The molecule has 1 aliphatic carbocycles. The molecule has 2 aromatic rings. The van der Waals surface area contributed by atoms with Gasteiger partial charge < -0.3 is 4.90 Å². The molecule has 1 atom stereocenters. The third-order valence-electron chi connectivity index (χ3n) is 5.14. The van der Waals surface area contributed by atoms with Gasteiger partial charge in [-0.05, 0) is 24.1 Å². The van der Waals surface area contributed by atoms with E-state index in [-0.39, 0.29) is 30.3 Å². The Morgan fingerprint density at radius 2 is 1.85 bits per heavy atom. The molecule has 1 unspecified atom stereocenters. The second-order valence-electron chi connectivity index (χ2n) is 7.04. The Morgan fingerprint density at radius 3 is 2.46 bits per heavy atom. The van der Waals surface area contributed by atoms with Gasteiger partial charge in [0.05, 0.1) is 21.4 Å². The third-order valence-corrected chi connectivity index (χ3v) is 7.96. The highest BCUT2D eigenvalue weighted by molar-refractivity contribution is 7.91. The average Bonchev–Trinajstić information content (AvgIpc) is 3.21. The smallest absolute Gasteiger partial charge is 0.248 e. The van der Waals surface area contributed by atoms with Gasteiger partial charge in [-0.1, -0.05) is 12.1 Å². The van der Waals surface area contributed by atoms with Crippen LogP contribution in [0.2, 0.25) is 0 Å². The Balaban J connectivity index is 1.46. The predicted molar refractivity (Wildman–Crippen MR) is 100.0 cm³/mol. The van der Waals surface area contributed by atoms with Crippen LogP contribution in [0.3, 0.4) is 0 Å². The van der Waals surface area contributed by atoms with Crippen LogP contribution in [0.5, 0.6) is 0 Å².